The average Bonchev–Trinajstić information content (AvgIpc) is 3.84. The van der Waals surface area contributed by atoms with Crippen molar-refractivity contribution in [2.24, 2.45) is 40.4 Å². The van der Waals surface area contributed by atoms with Gasteiger partial charge in [-0.2, -0.15) is 0 Å². The normalized spacial score (nSPS) is 56.5. The number of fused-ring (bicyclic) bond motifs is 7. The molecule has 0 aromatic carbocycles. The van der Waals surface area contributed by atoms with E-state index in [2.05, 4.69) is 33.8 Å². The van der Waals surface area contributed by atoms with Crippen LogP contribution in [0.25, 0.3) is 0 Å². The van der Waals surface area contributed by atoms with Gasteiger partial charge in [-0.15, -0.1) is 0 Å². The topological polar surface area (TPSA) is 365 Å². The van der Waals surface area contributed by atoms with Crippen molar-refractivity contribution in [3.8, 4) is 0 Å². The fraction of sp³-hybridized carbons (Fsp3) is 0.960. The molecule has 424 valence electrons. The van der Waals surface area contributed by atoms with Gasteiger partial charge >= 0.3 is 0 Å². The molecular weight excluding hydrogens is 985 g/mol. The van der Waals surface area contributed by atoms with Crippen LogP contribution in [0.5, 0.6) is 0 Å². The summed E-state index contributed by atoms with van der Waals surface area (Å²) < 4.78 is 66.6. The maximum atomic E-state index is 11.5. The van der Waals surface area contributed by atoms with Crippen LogP contribution in [0.3, 0.4) is 0 Å². The Bertz CT molecular complexity index is 1940. The first-order valence-corrected chi connectivity index (χ1v) is 26.7. The van der Waals surface area contributed by atoms with Crippen molar-refractivity contribution in [2.75, 3.05) is 33.0 Å². The smallest absolute Gasteiger partial charge is 0.187 e. The van der Waals surface area contributed by atoms with Crippen LogP contribution in [-0.4, -0.2) is 247 Å². The van der Waals surface area contributed by atoms with E-state index in [1.165, 1.54) is 5.57 Å². The largest absolute Gasteiger partial charge is 0.394 e. The van der Waals surface area contributed by atoms with Crippen LogP contribution in [0.1, 0.15) is 79.1 Å². The highest BCUT2D eigenvalue weighted by Crippen LogP contribution is 2.68. The van der Waals surface area contributed by atoms with Crippen molar-refractivity contribution in [2.45, 2.75) is 226 Å². The monoisotopic (exact) mass is 1060 g/mol. The second-order valence-electron chi connectivity index (χ2n) is 23.4. The zero-order valence-electron chi connectivity index (χ0n) is 42.2. The molecule has 74 heavy (non-hydrogen) atoms. The summed E-state index contributed by atoms with van der Waals surface area (Å²) in [5.41, 5.74) is 1.13. The first-order valence-electron chi connectivity index (χ1n) is 26.7. The lowest BCUT2D eigenvalue weighted by Crippen LogP contribution is -2.67. The van der Waals surface area contributed by atoms with Crippen molar-refractivity contribution in [1.82, 2.24) is 0 Å². The van der Waals surface area contributed by atoms with Crippen LogP contribution < -0.4 is 0 Å². The van der Waals surface area contributed by atoms with Gasteiger partial charge in [0, 0.05) is 23.7 Å². The molecule has 0 amide bonds. The van der Waals surface area contributed by atoms with Crippen molar-refractivity contribution in [3.63, 3.8) is 0 Å². The van der Waals surface area contributed by atoms with E-state index >= 15 is 0 Å². The average molecular weight is 1070 g/mol. The van der Waals surface area contributed by atoms with E-state index in [0.29, 0.717) is 37.2 Å². The summed E-state index contributed by atoms with van der Waals surface area (Å²) >= 11 is 0. The van der Waals surface area contributed by atoms with Gasteiger partial charge in [0.15, 0.2) is 37.2 Å². The lowest BCUT2D eigenvalue weighted by molar-refractivity contribution is -0.389. The Morgan fingerprint density at radius 3 is 1.55 bits per heavy atom. The highest BCUT2D eigenvalue weighted by Gasteiger charge is 2.70. The standard InChI is InChI=1S/C50H80O24/c1-19-7-12-50(64-18-19)20(2)29-43(74-50)73-42-23-6-5-21-13-22(8-10-48(21,3)24(23)9-11-49(29,42)4)65-44-36(61)32(57)39(26(15-52)67-44)71-46-38(63)34(59)41(28(17-54)69-46)72-47-37(62)33(58)40(27(16-53)68-47)70-45-35(60)31(56)30(55)25(14-51)66-45/h5,19-20,22-47,51-63H,6-18H2,1-4H3/t19-,20+,22+,23?,24?,25-,26-,27-,28-,29?,30-,31+,32-,33-,34-,35-,36-,37-,38-,39-,40-,41-,42?,43?,44-,45-,46-,47+,48+,49-,50-/m1/s1. The Morgan fingerprint density at radius 2 is 1.05 bits per heavy atom. The summed E-state index contributed by atoms with van der Waals surface area (Å²) in [7, 11) is 0. The molecular formula is C50H80O24. The van der Waals surface area contributed by atoms with Crippen LogP contribution in [0.4, 0.5) is 0 Å². The first-order chi connectivity index (χ1) is 35.2. The van der Waals surface area contributed by atoms with Gasteiger partial charge in [0.25, 0.3) is 0 Å². The van der Waals surface area contributed by atoms with E-state index in [9.17, 15) is 66.4 Å². The molecule has 0 radical (unpaired) electrons. The Kier molecular flexibility index (Phi) is 16.4. The van der Waals surface area contributed by atoms with Gasteiger partial charge in [0.05, 0.1) is 45.2 Å². The highest BCUT2D eigenvalue weighted by atomic mass is 16.8. The summed E-state index contributed by atoms with van der Waals surface area (Å²) in [5, 5.41) is 139. The van der Waals surface area contributed by atoms with Crippen LogP contribution in [0, 0.1) is 40.4 Å². The number of allylic oxidation sites excluding steroid dienone is 1. The molecule has 24 heteroatoms. The minimum Gasteiger partial charge on any atom is -0.394 e. The van der Waals surface area contributed by atoms with Gasteiger partial charge in [-0.25, -0.2) is 0 Å². The molecule has 7 saturated heterocycles. The molecule has 9 fully saturated rings. The van der Waals surface area contributed by atoms with Gasteiger partial charge in [0.2, 0.25) is 0 Å². The molecule has 7 heterocycles. The quantitative estimate of drug-likeness (QED) is 0.0838. The zero-order valence-corrected chi connectivity index (χ0v) is 42.2. The van der Waals surface area contributed by atoms with Crippen LogP contribution in [0.15, 0.2) is 11.6 Å². The highest BCUT2D eigenvalue weighted by molar-refractivity contribution is 5.26. The van der Waals surface area contributed by atoms with Gasteiger partial charge < -0.3 is 118 Å². The third-order valence-corrected chi connectivity index (χ3v) is 19.2. The number of aliphatic hydroxyl groups excluding tert-OH is 13. The Hall–Kier alpha value is -1.22. The molecule has 0 bridgehead atoms. The predicted molar refractivity (Wildman–Crippen MR) is 245 cm³/mol. The molecule has 0 aromatic rings. The Labute approximate surface area is 428 Å². The molecule has 3 aliphatic carbocycles. The van der Waals surface area contributed by atoms with E-state index in [0.717, 1.165) is 38.5 Å². The number of rotatable bonds is 12. The van der Waals surface area contributed by atoms with E-state index in [4.69, 9.17) is 52.1 Å². The third-order valence-electron chi connectivity index (χ3n) is 19.2. The molecule has 7 aliphatic heterocycles. The molecule has 10 aliphatic rings. The van der Waals surface area contributed by atoms with Crippen LogP contribution in [-0.2, 0) is 52.1 Å². The SMILES string of the molecule is C[C@@H]1CC[C@@]2(OC1)OC1OC3C4CC=C5C[C@@H](O[C@@H]6O[C@H](CO)[C@@H](O[C@H]7O[C@H](CO)[C@@H](O[C@@H]8O[C@H](CO)[C@@H](O[C@H]9O[C@H](CO)[C@@H](O)[C@H](O)[C@H]9O)[C@H](O)[C@H]8O)[C@H](O)[C@H]7O)[C@H](O)[C@H]6O)CC[C@]5(C)C4CC[C@]3(C)C1[C@@H]2C. The molecule has 13 N–H and O–H groups in total. The molecule has 10 rings (SSSR count). The summed E-state index contributed by atoms with van der Waals surface area (Å²) in [6.45, 7) is 6.64. The molecule has 5 unspecified atom stereocenters. The summed E-state index contributed by atoms with van der Waals surface area (Å²) in [6, 6.07) is 0. The summed E-state index contributed by atoms with van der Waals surface area (Å²) in [4.78, 5) is 0. The predicted octanol–water partition coefficient (Wildman–Crippen LogP) is -3.65. The maximum absolute atomic E-state index is 11.5. The molecule has 2 saturated carbocycles. The number of aliphatic hydroxyl groups is 13. The van der Waals surface area contributed by atoms with Gasteiger partial charge in [-0.3, -0.25) is 0 Å². The molecule has 31 atom stereocenters. The summed E-state index contributed by atoms with van der Waals surface area (Å²) in [5.74, 6) is 1.12. The molecule has 0 aromatic heterocycles. The van der Waals surface area contributed by atoms with Crippen molar-refractivity contribution in [3.05, 3.63) is 11.6 Å². The minimum absolute atomic E-state index is 0.0387. The summed E-state index contributed by atoms with van der Waals surface area (Å²) in [6.07, 6.45) is -25.9. The fourth-order valence-corrected chi connectivity index (χ4v) is 14.7. The van der Waals surface area contributed by atoms with Crippen molar-refractivity contribution in [1.29, 1.82) is 0 Å². The number of hydrogen-bond donors (Lipinski definition) is 13. The lowest BCUT2D eigenvalue weighted by atomic mass is 9.48. The Morgan fingerprint density at radius 1 is 0.554 bits per heavy atom. The molecule has 24 nitrogen and oxygen atoms in total. The lowest BCUT2D eigenvalue weighted by Gasteiger charge is -2.57. The van der Waals surface area contributed by atoms with Crippen molar-refractivity contribution < 1.29 is 118 Å². The Balaban J connectivity index is 0.738. The van der Waals surface area contributed by atoms with Gasteiger partial charge in [-0.05, 0) is 68.1 Å². The number of ether oxygens (including phenoxy) is 11. The first kappa shape index (κ1) is 56.1. The van der Waals surface area contributed by atoms with Crippen LogP contribution >= 0.6 is 0 Å². The second kappa shape index (κ2) is 21.7. The number of hydrogen-bond acceptors (Lipinski definition) is 24. The third kappa shape index (κ3) is 9.47. The maximum Gasteiger partial charge on any atom is 0.187 e. The molecule has 1 spiro atoms. The van der Waals surface area contributed by atoms with E-state index in [1.54, 1.807) is 0 Å². The minimum atomic E-state index is -2.03. The van der Waals surface area contributed by atoms with Crippen LogP contribution in [0.2, 0.25) is 0 Å². The second-order valence-corrected chi connectivity index (χ2v) is 23.4. The fourth-order valence-electron chi connectivity index (χ4n) is 14.7. The van der Waals surface area contributed by atoms with E-state index < -0.39 is 161 Å². The van der Waals surface area contributed by atoms with Gasteiger partial charge in [0.1, 0.15) is 97.7 Å². The van der Waals surface area contributed by atoms with E-state index in [-0.39, 0.29) is 35.1 Å². The van der Waals surface area contributed by atoms with Crippen molar-refractivity contribution >= 4 is 0 Å². The van der Waals surface area contributed by atoms with E-state index in [1.807, 2.05) is 0 Å². The zero-order chi connectivity index (χ0) is 52.9. The van der Waals surface area contributed by atoms with Gasteiger partial charge in [-0.1, -0.05) is 39.3 Å².